The molecule has 8 heteroatoms. The van der Waals surface area contributed by atoms with Gasteiger partial charge in [0.1, 0.15) is 23.4 Å². The predicted molar refractivity (Wildman–Crippen MR) is 126 cm³/mol. The lowest BCUT2D eigenvalue weighted by molar-refractivity contribution is 0.170. The number of hydrogen-bond donors (Lipinski definition) is 0. The van der Waals surface area contributed by atoms with Crippen LogP contribution in [0.4, 0.5) is 5.82 Å². The summed E-state index contributed by atoms with van der Waals surface area (Å²) in [6.45, 7) is 5.79. The maximum Gasteiger partial charge on any atom is 0.151 e. The van der Waals surface area contributed by atoms with Crippen molar-refractivity contribution in [3.63, 3.8) is 0 Å². The van der Waals surface area contributed by atoms with Crippen LogP contribution in [0.25, 0.3) is 5.69 Å². The molecule has 2 aliphatic heterocycles. The van der Waals surface area contributed by atoms with Gasteiger partial charge in [0.15, 0.2) is 5.82 Å². The lowest BCUT2D eigenvalue weighted by atomic mass is 9.95. The predicted octanol–water partition coefficient (Wildman–Crippen LogP) is 4.44. The Kier molecular flexibility index (Phi) is 4.89. The fourth-order valence-electron chi connectivity index (χ4n) is 5.20. The number of rotatable bonds is 3. The highest BCUT2D eigenvalue weighted by Crippen LogP contribution is 2.44. The van der Waals surface area contributed by atoms with Gasteiger partial charge >= 0.3 is 0 Å². The fourth-order valence-corrected chi connectivity index (χ4v) is 5.39. The van der Waals surface area contributed by atoms with E-state index >= 15 is 0 Å². The van der Waals surface area contributed by atoms with E-state index in [1.54, 1.807) is 6.07 Å². The second kappa shape index (κ2) is 7.82. The molecule has 1 aromatic carbocycles. The maximum atomic E-state index is 9.17. The molecular formula is C25H26ClN7. The average Bonchev–Trinajstić information content (AvgIpc) is 3.50. The van der Waals surface area contributed by atoms with Gasteiger partial charge in [-0.05, 0) is 68.5 Å². The largest absolute Gasteiger partial charge is 0.357 e. The molecule has 3 aliphatic rings. The summed E-state index contributed by atoms with van der Waals surface area (Å²) in [5.74, 6) is 3.27. The Morgan fingerprint density at radius 1 is 1.09 bits per heavy atom. The first-order chi connectivity index (χ1) is 16.0. The van der Waals surface area contributed by atoms with Crippen molar-refractivity contribution in [1.82, 2.24) is 24.6 Å². The topological polar surface area (TPSA) is 73.9 Å². The van der Waals surface area contributed by atoms with Gasteiger partial charge in [-0.1, -0.05) is 17.7 Å². The van der Waals surface area contributed by atoms with Crippen molar-refractivity contribution in [3.8, 4) is 11.8 Å². The van der Waals surface area contributed by atoms with Crippen molar-refractivity contribution < 1.29 is 0 Å². The van der Waals surface area contributed by atoms with Crippen LogP contribution in [0.1, 0.15) is 61.4 Å². The zero-order valence-corrected chi connectivity index (χ0v) is 19.5. The number of benzene rings is 1. The van der Waals surface area contributed by atoms with Gasteiger partial charge in [-0.3, -0.25) is 9.47 Å². The molecule has 1 saturated carbocycles. The summed E-state index contributed by atoms with van der Waals surface area (Å²) in [5.41, 5.74) is 3.11. The number of hydrogen-bond acceptors (Lipinski definition) is 6. The van der Waals surface area contributed by atoms with Gasteiger partial charge in [0, 0.05) is 36.1 Å². The van der Waals surface area contributed by atoms with Crippen LogP contribution in [0.3, 0.4) is 0 Å². The molecule has 1 aliphatic carbocycles. The Labute approximate surface area is 198 Å². The molecule has 0 amide bonds. The molecule has 0 N–H and O–H groups in total. The standard InChI is InChI=1S/C25H26ClN7/c1-25(9-10-25)32-15-18-13-19(26)5-6-21(18)33-23(16-32)29-30-24(33)17-7-11-31(12-8-17)22-4-2-3-20(14-27)28-22/h2-6,13,17H,7-12,15-16H2,1H3. The highest BCUT2D eigenvalue weighted by atomic mass is 35.5. The monoisotopic (exact) mass is 459 g/mol. The molecular weight excluding hydrogens is 434 g/mol. The van der Waals surface area contributed by atoms with Crippen LogP contribution >= 0.6 is 11.6 Å². The third kappa shape index (κ3) is 3.68. The number of nitriles is 1. The first kappa shape index (κ1) is 20.6. The number of fused-ring (bicyclic) bond motifs is 3. The number of anilines is 1. The highest BCUT2D eigenvalue weighted by Gasteiger charge is 2.45. The molecule has 2 aromatic heterocycles. The van der Waals surface area contributed by atoms with E-state index in [2.05, 4.69) is 49.6 Å². The van der Waals surface area contributed by atoms with Gasteiger partial charge in [0.2, 0.25) is 0 Å². The highest BCUT2D eigenvalue weighted by molar-refractivity contribution is 6.30. The number of nitrogens with zero attached hydrogens (tertiary/aromatic N) is 7. The zero-order valence-electron chi connectivity index (χ0n) is 18.7. The molecule has 0 unspecified atom stereocenters. The van der Waals surface area contributed by atoms with Crippen LogP contribution in [0, 0.1) is 11.3 Å². The van der Waals surface area contributed by atoms with E-state index in [0.717, 1.165) is 67.2 Å². The van der Waals surface area contributed by atoms with Crippen LogP contribution in [-0.2, 0) is 13.1 Å². The molecule has 0 radical (unpaired) electrons. The summed E-state index contributed by atoms with van der Waals surface area (Å²) in [5, 5.41) is 19.3. The van der Waals surface area contributed by atoms with E-state index in [9.17, 15) is 5.26 Å². The summed E-state index contributed by atoms with van der Waals surface area (Å²) in [4.78, 5) is 9.28. The Bertz CT molecular complexity index is 1250. The first-order valence-electron chi connectivity index (χ1n) is 11.6. The van der Waals surface area contributed by atoms with Crippen LogP contribution < -0.4 is 4.90 Å². The molecule has 2 fully saturated rings. The van der Waals surface area contributed by atoms with Crippen molar-refractivity contribution in [2.24, 2.45) is 0 Å². The Hall–Kier alpha value is -2.95. The molecule has 4 heterocycles. The van der Waals surface area contributed by atoms with E-state index in [4.69, 9.17) is 16.7 Å². The SMILES string of the molecule is CC1(N2Cc3cc(Cl)ccc3-n3c(nnc3C3CCN(c4cccc(C#N)n4)CC3)C2)CC1. The van der Waals surface area contributed by atoms with Crippen LogP contribution in [0.2, 0.25) is 5.02 Å². The number of halogens is 1. The third-order valence-electron chi connectivity index (χ3n) is 7.50. The minimum Gasteiger partial charge on any atom is -0.357 e. The summed E-state index contributed by atoms with van der Waals surface area (Å²) < 4.78 is 2.30. The summed E-state index contributed by atoms with van der Waals surface area (Å²) >= 11 is 6.40. The quantitative estimate of drug-likeness (QED) is 0.576. The Morgan fingerprint density at radius 3 is 2.67 bits per heavy atom. The van der Waals surface area contributed by atoms with E-state index in [0.29, 0.717) is 11.6 Å². The normalized spacial score (nSPS) is 20.0. The number of pyridine rings is 1. The molecule has 0 atom stereocenters. The molecule has 33 heavy (non-hydrogen) atoms. The third-order valence-corrected chi connectivity index (χ3v) is 7.74. The fraction of sp³-hybridized carbons (Fsp3) is 0.440. The lowest BCUT2D eigenvalue weighted by Crippen LogP contribution is -2.34. The van der Waals surface area contributed by atoms with Crippen molar-refractivity contribution in [2.75, 3.05) is 18.0 Å². The Balaban J connectivity index is 1.30. The van der Waals surface area contributed by atoms with Gasteiger partial charge in [-0.2, -0.15) is 5.26 Å². The second-order valence-electron chi connectivity index (χ2n) is 9.69. The van der Waals surface area contributed by atoms with E-state index in [1.807, 2.05) is 18.2 Å². The zero-order chi connectivity index (χ0) is 22.6. The van der Waals surface area contributed by atoms with Crippen LogP contribution in [-0.4, -0.2) is 43.3 Å². The lowest BCUT2D eigenvalue weighted by Gasteiger charge is -2.32. The van der Waals surface area contributed by atoms with Gasteiger partial charge < -0.3 is 4.90 Å². The summed E-state index contributed by atoms with van der Waals surface area (Å²) in [7, 11) is 0. The van der Waals surface area contributed by atoms with Crippen molar-refractivity contribution in [3.05, 3.63) is 64.3 Å². The van der Waals surface area contributed by atoms with Gasteiger partial charge in [-0.15, -0.1) is 10.2 Å². The number of piperidine rings is 1. The minimum atomic E-state index is 0.247. The number of aromatic nitrogens is 4. The average molecular weight is 460 g/mol. The molecule has 0 bridgehead atoms. The van der Waals surface area contributed by atoms with Crippen molar-refractivity contribution >= 4 is 17.4 Å². The molecule has 1 saturated heterocycles. The molecule has 3 aromatic rings. The van der Waals surface area contributed by atoms with E-state index in [-0.39, 0.29) is 5.54 Å². The summed E-state index contributed by atoms with van der Waals surface area (Å²) in [6, 6.07) is 14.0. The minimum absolute atomic E-state index is 0.247. The molecule has 168 valence electrons. The molecule has 0 spiro atoms. The Morgan fingerprint density at radius 2 is 1.91 bits per heavy atom. The molecule has 7 nitrogen and oxygen atoms in total. The summed E-state index contributed by atoms with van der Waals surface area (Å²) in [6.07, 6.45) is 4.40. The first-order valence-corrected chi connectivity index (χ1v) is 12.0. The van der Waals surface area contributed by atoms with Gasteiger partial charge in [-0.25, -0.2) is 4.98 Å². The van der Waals surface area contributed by atoms with Crippen molar-refractivity contribution in [2.45, 2.75) is 57.2 Å². The maximum absolute atomic E-state index is 9.17. The molecule has 6 rings (SSSR count). The van der Waals surface area contributed by atoms with E-state index < -0.39 is 0 Å². The van der Waals surface area contributed by atoms with Crippen LogP contribution in [0.15, 0.2) is 36.4 Å². The van der Waals surface area contributed by atoms with E-state index in [1.165, 1.54) is 18.4 Å². The second-order valence-corrected chi connectivity index (χ2v) is 10.1. The smallest absolute Gasteiger partial charge is 0.151 e. The van der Waals surface area contributed by atoms with Crippen molar-refractivity contribution in [1.29, 1.82) is 5.26 Å². The van der Waals surface area contributed by atoms with Crippen LogP contribution in [0.5, 0.6) is 0 Å². The van der Waals surface area contributed by atoms with Gasteiger partial charge in [0.05, 0.1) is 12.2 Å². The van der Waals surface area contributed by atoms with Gasteiger partial charge in [0.25, 0.3) is 0 Å².